The molecule has 0 aliphatic heterocycles. The Labute approximate surface area is 155 Å². The van der Waals surface area contributed by atoms with Crippen LogP contribution in [-0.2, 0) is 14.8 Å². The number of hydrogen-bond donors (Lipinski definition) is 1. The molecule has 0 radical (unpaired) electrons. The average molecular weight is 398 g/mol. The Morgan fingerprint density at radius 3 is 2.54 bits per heavy atom. The van der Waals surface area contributed by atoms with Gasteiger partial charge in [0.2, 0.25) is 15.9 Å². The summed E-state index contributed by atoms with van der Waals surface area (Å²) in [5, 5.41) is 13.6. The third-order valence-corrected chi connectivity index (χ3v) is 5.07. The average Bonchev–Trinajstić information content (AvgIpc) is 2.55. The zero-order chi connectivity index (χ0) is 19.5. The van der Waals surface area contributed by atoms with E-state index < -0.39 is 27.4 Å². The van der Waals surface area contributed by atoms with E-state index in [0.717, 1.165) is 10.6 Å². The molecule has 138 valence electrons. The predicted octanol–water partition coefficient (Wildman–Crippen LogP) is 2.96. The first-order valence-electron chi connectivity index (χ1n) is 7.36. The van der Waals surface area contributed by atoms with Crippen molar-refractivity contribution in [2.75, 3.05) is 22.4 Å². The third-order valence-electron chi connectivity index (χ3n) is 3.54. The van der Waals surface area contributed by atoms with Crippen LogP contribution < -0.4 is 9.62 Å². The topological polar surface area (TPSA) is 110 Å². The number of benzene rings is 2. The van der Waals surface area contributed by atoms with Crippen molar-refractivity contribution in [3.63, 3.8) is 0 Å². The van der Waals surface area contributed by atoms with Gasteiger partial charge in [0.1, 0.15) is 6.54 Å². The van der Waals surface area contributed by atoms with E-state index in [4.69, 9.17) is 11.6 Å². The standard InChI is InChI=1S/C16H16ClN3O5S/c1-11-14(17)7-4-8-15(11)19(26(2,24)25)10-16(21)18-12-5-3-6-13(9-12)20(22)23/h3-9H,10H2,1-2H3,(H,18,21). The summed E-state index contributed by atoms with van der Waals surface area (Å²) < 4.78 is 25.2. The minimum Gasteiger partial charge on any atom is -0.324 e. The summed E-state index contributed by atoms with van der Waals surface area (Å²) in [5.41, 5.74) is 0.811. The number of non-ortho nitro benzene ring substituents is 1. The highest BCUT2D eigenvalue weighted by Gasteiger charge is 2.23. The van der Waals surface area contributed by atoms with Gasteiger partial charge in [0.15, 0.2) is 0 Å². The van der Waals surface area contributed by atoms with Gasteiger partial charge in [-0.05, 0) is 30.7 Å². The van der Waals surface area contributed by atoms with Crippen molar-refractivity contribution >= 4 is 44.6 Å². The zero-order valence-electron chi connectivity index (χ0n) is 14.0. The summed E-state index contributed by atoms with van der Waals surface area (Å²) in [6, 6.07) is 10.1. The molecule has 8 nitrogen and oxygen atoms in total. The molecular weight excluding hydrogens is 382 g/mol. The van der Waals surface area contributed by atoms with Crippen molar-refractivity contribution in [1.82, 2.24) is 0 Å². The molecule has 0 bridgehead atoms. The molecule has 1 amide bonds. The predicted molar refractivity (Wildman–Crippen MR) is 100 cm³/mol. The monoisotopic (exact) mass is 397 g/mol. The summed E-state index contributed by atoms with van der Waals surface area (Å²) in [6.07, 6.45) is 0.980. The molecule has 10 heteroatoms. The highest BCUT2D eigenvalue weighted by molar-refractivity contribution is 7.92. The van der Waals surface area contributed by atoms with Gasteiger partial charge in [-0.15, -0.1) is 0 Å². The van der Waals surface area contributed by atoms with Gasteiger partial charge in [0.25, 0.3) is 5.69 Å². The van der Waals surface area contributed by atoms with Crippen molar-refractivity contribution in [3.05, 3.63) is 63.2 Å². The largest absolute Gasteiger partial charge is 0.324 e. The number of nitrogens with zero attached hydrogens (tertiary/aromatic N) is 2. The number of halogens is 1. The number of hydrogen-bond acceptors (Lipinski definition) is 5. The van der Waals surface area contributed by atoms with Crippen LogP contribution >= 0.6 is 11.6 Å². The van der Waals surface area contributed by atoms with Crippen LogP contribution in [0.15, 0.2) is 42.5 Å². The molecule has 0 saturated heterocycles. The van der Waals surface area contributed by atoms with Crippen LogP contribution in [0.5, 0.6) is 0 Å². The Balaban J connectivity index is 2.27. The lowest BCUT2D eigenvalue weighted by atomic mass is 10.2. The van der Waals surface area contributed by atoms with Gasteiger partial charge in [0.05, 0.1) is 16.9 Å². The molecule has 2 rings (SSSR count). The normalized spacial score (nSPS) is 11.0. The summed E-state index contributed by atoms with van der Waals surface area (Å²) in [4.78, 5) is 22.5. The van der Waals surface area contributed by atoms with Gasteiger partial charge in [-0.2, -0.15) is 0 Å². The lowest BCUT2D eigenvalue weighted by Gasteiger charge is -2.24. The fourth-order valence-corrected chi connectivity index (χ4v) is 3.35. The molecule has 0 aromatic heterocycles. The minimum absolute atomic E-state index is 0.187. The first kappa shape index (κ1) is 19.7. The molecule has 0 aliphatic rings. The molecule has 0 spiro atoms. The number of carbonyl (C=O) groups is 1. The van der Waals surface area contributed by atoms with E-state index in [9.17, 15) is 23.3 Å². The lowest BCUT2D eigenvalue weighted by Crippen LogP contribution is -2.37. The number of nitrogens with one attached hydrogen (secondary N) is 1. The van der Waals surface area contributed by atoms with Crippen LogP contribution in [0.25, 0.3) is 0 Å². The van der Waals surface area contributed by atoms with Crippen LogP contribution in [0.2, 0.25) is 5.02 Å². The molecule has 0 unspecified atom stereocenters. The fraction of sp³-hybridized carbons (Fsp3) is 0.188. The van der Waals surface area contributed by atoms with Gasteiger partial charge >= 0.3 is 0 Å². The van der Waals surface area contributed by atoms with Gasteiger partial charge in [-0.1, -0.05) is 23.7 Å². The van der Waals surface area contributed by atoms with E-state index >= 15 is 0 Å². The SMILES string of the molecule is Cc1c(Cl)cccc1N(CC(=O)Nc1cccc([N+](=O)[O-])c1)S(C)(=O)=O. The first-order valence-corrected chi connectivity index (χ1v) is 9.59. The molecule has 0 aliphatic carbocycles. The number of carbonyl (C=O) groups excluding carboxylic acids is 1. The number of nitro groups is 1. The number of rotatable bonds is 6. The third kappa shape index (κ3) is 4.70. The van der Waals surface area contributed by atoms with E-state index in [2.05, 4.69) is 5.32 Å². The van der Waals surface area contributed by atoms with Crippen molar-refractivity contribution in [1.29, 1.82) is 0 Å². The van der Waals surface area contributed by atoms with E-state index in [-0.39, 0.29) is 17.1 Å². The number of nitro benzene ring substituents is 1. The van der Waals surface area contributed by atoms with E-state index in [1.807, 2.05) is 0 Å². The smallest absolute Gasteiger partial charge is 0.271 e. The summed E-state index contributed by atoms with van der Waals surface area (Å²) in [6.45, 7) is 1.15. The maximum Gasteiger partial charge on any atom is 0.271 e. The number of anilines is 2. The Bertz CT molecular complexity index is 962. The summed E-state index contributed by atoms with van der Waals surface area (Å²) >= 11 is 6.04. The minimum atomic E-state index is -3.76. The van der Waals surface area contributed by atoms with Crippen LogP contribution in [-0.4, -0.2) is 32.0 Å². The van der Waals surface area contributed by atoms with Crippen LogP contribution in [0, 0.1) is 17.0 Å². The highest BCUT2D eigenvalue weighted by Crippen LogP contribution is 2.28. The molecule has 2 aromatic carbocycles. The maximum absolute atomic E-state index is 12.3. The second kappa shape index (κ2) is 7.71. The molecule has 0 fully saturated rings. The Kier molecular flexibility index (Phi) is 5.83. The molecule has 1 N–H and O–H groups in total. The van der Waals surface area contributed by atoms with E-state index in [1.54, 1.807) is 25.1 Å². The van der Waals surface area contributed by atoms with Crippen molar-refractivity contribution in [3.8, 4) is 0 Å². The Morgan fingerprint density at radius 1 is 1.27 bits per heavy atom. The van der Waals surface area contributed by atoms with Gasteiger partial charge in [-0.3, -0.25) is 19.2 Å². The molecule has 0 heterocycles. The Hall–Kier alpha value is -2.65. The Morgan fingerprint density at radius 2 is 1.92 bits per heavy atom. The molecule has 0 saturated carbocycles. The lowest BCUT2D eigenvalue weighted by molar-refractivity contribution is -0.384. The van der Waals surface area contributed by atoms with Crippen molar-refractivity contribution in [2.45, 2.75) is 6.92 Å². The van der Waals surface area contributed by atoms with E-state index in [0.29, 0.717) is 10.6 Å². The quantitative estimate of drug-likeness (QED) is 0.595. The zero-order valence-corrected chi connectivity index (χ0v) is 15.5. The molecule has 26 heavy (non-hydrogen) atoms. The van der Waals surface area contributed by atoms with Gasteiger partial charge in [0, 0.05) is 22.8 Å². The van der Waals surface area contributed by atoms with Crippen LogP contribution in [0.1, 0.15) is 5.56 Å². The van der Waals surface area contributed by atoms with Crippen LogP contribution in [0.4, 0.5) is 17.1 Å². The molecular formula is C16H16ClN3O5S. The number of sulfonamides is 1. The van der Waals surface area contributed by atoms with Crippen LogP contribution in [0.3, 0.4) is 0 Å². The van der Waals surface area contributed by atoms with Crippen molar-refractivity contribution in [2.24, 2.45) is 0 Å². The second-order valence-electron chi connectivity index (χ2n) is 5.51. The van der Waals surface area contributed by atoms with Crippen molar-refractivity contribution < 1.29 is 18.1 Å². The van der Waals surface area contributed by atoms with E-state index in [1.165, 1.54) is 24.3 Å². The first-order chi connectivity index (χ1) is 12.1. The van der Waals surface area contributed by atoms with Gasteiger partial charge < -0.3 is 5.32 Å². The molecule has 0 atom stereocenters. The second-order valence-corrected chi connectivity index (χ2v) is 7.82. The number of amides is 1. The summed E-state index contributed by atoms with van der Waals surface area (Å²) in [5.74, 6) is -0.643. The maximum atomic E-state index is 12.3. The highest BCUT2D eigenvalue weighted by atomic mass is 35.5. The molecule has 2 aromatic rings. The van der Waals surface area contributed by atoms with Gasteiger partial charge in [-0.25, -0.2) is 8.42 Å². The fourth-order valence-electron chi connectivity index (χ4n) is 2.28. The summed E-state index contributed by atoms with van der Waals surface area (Å²) in [7, 11) is -3.76.